The molecule has 0 saturated carbocycles. The standard InChI is InChI=1S/C13H10N4O3/c14-11-8-16(15-13(11)12-5-2-6-20-12)9-3-1-4-10(7-9)17(18)19/h1-8H,14H2. The van der Waals surface area contributed by atoms with Gasteiger partial charge in [0.05, 0.1) is 28.8 Å². The Bertz CT molecular complexity index is 762. The van der Waals surface area contributed by atoms with Gasteiger partial charge in [-0.25, -0.2) is 4.68 Å². The van der Waals surface area contributed by atoms with Crippen molar-refractivity contribution in [3.05, 3.63) is 59.0 Å². The second kappa shape index (κ2) is 4.54. The quantitative estimate of drug-likeness (QED) is 0.582. The molecule has 0 bridgehead atoms. The van der Waals surface area contributed by atoms with Crippen LogP contribution in [0.4, 0.5) is 11.4 Å². The number of anilines is 1. The Morgan fingerprint density at radius 3 is 2.85 bits per heavy atom. The van der Waals surface area contributed by atoms with E-state index in [0.717, 1.165) is 0 Å². The number of nitrogens with two attached hydrogens (primary N) is 1. The van der Waals surface area contributed by atoms with Crippen LogP contribution in [0.5, 0.6) is 0 Å². The van der Waals surface area contributed by atoms with Crippen LogP contribution in [-0.2, 0) is 0 Å². The Hall–Kier alpha value is -3.09. The van der Waals surface area contributed by atoms with Crippen molar-refractivity contribution in [1.82, 2.24) is 9.78 Å². The van der Waals surface area contributed by atoms with Crippen LogP contribution < -0.4 is 5.73 Å². The molecule has 2 heterocycles. The lowest BCUT2D eigenvalue weighted by molar-refractivity contribution is -0.384. The number of non-ortho nitro benzene ring substituents is 1. The molecule has 0 spiro atoms. The summed E-state index contributed by atoms with van der Waals surface area (Å²) in [5, 5.41) is 15.1. The number of benzene rings is 1. The van der Waals surface area contributed by atoms with Crippen LogP contribution in [0, 0.1) is 10.1 Å². The number of hydrogen-bond donors (Lipinski definition) is 1. The van der Waals surface area contributed by atoms with Gasteiger partial charge in [0, 0.05) is 12.1 Å². The van der Waals surface area contributed by atoms with E-state index in [1.54, 1.807) is 30.5 Å². The number of hydrogen-bond acceptors (Lipinski definition) is 5. The summed E-state index contributed by atoms with van der Waals surface area (Å²) in [6.45, 7) is 0. The summed E-state index contributed by atoms with van der Waals surface area (Å²) < 4.78 is 6.73. The Kier molecular flexibility index (Phi) is 2.72. The van der Waals surface area contributed by atoms with Crippen molar-refractivity contribution >= 4 is 11.4 Å². The molecule has 0 saturated heterocycles. The minimum Gasteiger partial charge on any atom is -0.463 e. The van der Waals surface area contributed by atoms with E-state index in [9.17, 15) is 10.1 Å². The van der Waals surface area contributed by atoms with Gasteiger partial charge >= 0.3 is 0 Å². The van der Waals surface area contributed by atoms with E-state index in [1.807, 2.05) is 0 Å². The number of furan rings is 1. The van der Waals surface area contributed by atoms with Crippen molar-refractivity contribution in [2.24, 2.45) is 0 Å². The minimum absolute atomic E-state index is 0.00359. The van der Waals surface area contributed by atoms with Crippen molar-refractivity contribution in [2.45, 2.75) is 0 Å². The van der Waals surface area contributed by atoms with E-state index in [1.165, 1.54) is 23.1 Å². The zero-order valence-corrected chi connectivity index (χ0v) is 10.3. The summed E-state index contributed by atoms with van der Waals surface area (Å²) in [6, 6.07) is 9.64. The second-order valence-electron chi connectivity index (χ2n) is 4.13. The molecule has 0 amide bonds. The maximum atomic E-state index is 10.8. The molecule has 20 heavy (non-hydrogen) atoms. The lowest BCUT2D eigenvalue weighted by Gasteiger charge is -2.00. The first-order chi connectivity index (χ1) is 9.65. The lowest BCUT2D eigenvalue weighted by Crippen LogP contribution is -1.96. The van der Waals surface area contributed by atoms with E-state index in [4.69, 9.17) is 10.2 Å². The summed E-state index contributed by atoms with van der Waals surface area (Å²) in [5.74, 6) is 0.548. The SMILES string of the molecule is Nc1cn(-c2cccc([N+](=O)[O-])c2)nc1-c1ccco1. The highest BCUT2D eigenvalue weighted by Gasteiger charge is 2.13. The number of nitrogens with zero attached hydrogens (tertiary/aromatic N) is 3. The van der Waals surface area contributed by atoms with Gasteiger partial charge in [0.2, 0.25) is 0 Å². The Balaban J connectivity index is 2.05. The van der Waals surface area contributed by atoms with Crippen LogP contribution in [0.25, 0.3) is 17.1 Å². The first-order valence-corrected chi connectivity index (χ1v) is 5.79. The van der Waals surface area contributed by atoms with Gasteiger partial charge in [-0.3, -0.25) is 10.1 Å². The molecule has 0 unspecified atom stereocenters. The van der Waals surface area contributed by atoms with Gasteiger partial charge in [0.25, 0.3) is 5.69 Å². The van der Waals surface area contributed by atoms with Crippen LogP contribution in [-0.4, -0.2) is 14.7 Å². The molecule has 0 aliphatic carbocycles. The first kappa shape index (κ1) is 12.0. The van der Waals surface area contributed by atoms with E-state index in [2.05, 4.69) is 5.10 Å². The van der Waals surface area contributed by atoms with E-state index in [0.29, 0.717) is 22.8 Å². The van der Waals surface area contributed by atoms with Crippen LogP contribution in [0.15, 0.2) is 53.3 Å². The summed E-state index contributed by atoms with van der Waals surface area (Å²) in [6.07, 6.45) is 3.12. The van der Waals surface area contributed by atoms with Crippen LogP contribution >= 0.6 is 0 Å². The molecule has 0 radical (unpaired) electrons. The normalized spacial score (nSPS) is 10.6. The average molecular weight is 270 g/mol. The summed E-state index contributed by atoms with van der Waals surface area (Å²) in [4.78, 5) is 10.3. The monoisotopic (exact) mass is 270 g/mol. The van der Waals surface area contributed by atoms with Gasteiger partial charge in [-0.1, -0.05) is 6.07 Å². The van der Waals surface area contributed by atoms with E-state index in [-0.39, 0.29) is 5.69 Å². The molecule has 1 aromatic carbocycles. The van der Waals surface area contributed by atoms with Gasteiger partial charge in [0.15, 0.2) is 11.5 Å². The highest BCUT2D eigenvalue weighted by Crippen LogP contribution is 2.26. The third-order valence-corrected chi connectivity index (χ3v) is 2.80. The molecule has 2 N–H and O–H groups in total. The molecule has 3 aromatic rings. The Morgan fingerprint density at radius 2 is 2.15 bits per heavy atom. The molecular formula is C13H10N4O3. The van der Waals surface area contributed by atoms with Crippen molar-refractivity contribution in [3.8, 4) is 17.1 Å². The maximum absolute atomic E-state index is 10.8. The van der Waals surface area contributed by atoms with Gasteiger partial charge < -0.3 is 10.2 Å². The average Bonchev–Trinajstić information content (AvgIpc) is 3.07. The largest absolute Gasteiger partial charge is 0.463 e. The third kappa shape index (κ3) is 2.01. The molecule has 0 atom stereocenters. The maximum Gasteiger partial charge on any atom is 0.271 e. The van der Waals surface area contributed by atoms with Crippen LogP contribution in [0.1, 0.15) is 0 Å². The Morgan fingerprint density at radius 1 is 1.30 bits per heavy atom. The summed E-state index contributed by atoms with van der Waals surface area (Å²) in [7, 11) is 0. The van der Waals surface area contributed by atoms with Crippen molar-refractivity contribution in [1.29, 1.82) is 0 Å². The van der Waals surface area contributed by atoms with Crippen molar-refractivity contribution in [2.75, 3.05) is 5.73 Å². The number of nitro groups is 1. The van der Waals surface area contributed by atoms with Gasteiger partial charge in [-0.05, 0) is 18.2 Å². The zero-order chi connectivity index (χ0) is 14.1. The summed E-state index contributed by atoms with van der Waals surface area (Å²) >= 11 is 0. The molecule has 7 heteroatoms. The zero-order valence-electron chi connectivity index (χ0n) is 10.3. The number of rotatable bonds is 3. The topological polar surface area (TPSA) is 100 Å². The predicted octanol–water partition coefficient (Wildman–Crippen LogP) is 2.62. The number of aromatic nitrogens is 2. The smallest absolute Gasteiger partial charge is 0.271 e. The van der Waals surface area contributed by atoms with Crippen LogP contribution in [0.3, 0.4) is 0 Å². The fraction of sp³-hybridized carbons (Fsp3) is 0. The second-order valence-corrected chi connectivity index (χ2v) is 4.13. The predicted molar refractivity (Wildman–Crippen MR) is 72.3 cm³/mol. The fourth-order valence-corrected chi connectivity index (χ4v) is 1.87. The molecule has 0 aliphatic rings. The molecule has 2 aromatic heterocycles. The fourth-order valence-electron chi connectivity index (χ4n) is 1.87. The molecule has 7 nitrogen and oxygen atoms in total. The molecule has 100 valence electrons. The third-order valence-electron chi connectivity index (χ3n) is 2.80. The molecule has 0 aliphatic heterocycles. The number of nitrogen functional groups attached to an aromatic ring is 1. The summed E-state index contributed by atoms with van der Waals surface area (Å²) in [5.41, 5.74) is 7.38. The minimum atomic E-state index is -0.455. The van der Waals surface area contributed by atoms with E-state index < -0.39 is 4.92 Å². The van der Waals surface area contributed by atoms with Crippen molar-refractivity contribution < 1.29 is 9.34 Å². The van der Waals surface area contributed by atoms with E-state index >= 15 is 0 Å². The van der Waals surface area contributed by atoms with Gasteiger partial charge in [0.1, 0.15) is 0 Å². The Labute approximate surface area is 113 Å². The van der Waals surface area contributed by atoms with Crippen LogP contribution in [0.2, 0.25) is 0 Å². The van der Waals surface area contributed by atoms with Gasteiger partial charge in [-0.2, -0.15) is 5.10 Å². The lowest BCUT2D eigenvalue weighted by atomic mass is 10.3. The number of nitro benzene ring substituents is 1. The molecule has 3 rings (SSSR count). The van der Waals surface area contributed by atoms with Crippen molar-refractivity contribution in [3.63, 3.8) is 0 Å². The van der Waals surface area contributed by atoms with Gasteiger partial charge in [-0.15, -0.1) is 0 Å². The highest BCUT2D eigenvalue weighted by atomic mass is 16.6. The molecular weight excluding hydrogens is 260 g/mol. The molecule has 0 fully saturated rings. The first-order valence-electron chi connectivity index (χ1n) is 5.79. The highest BCUT2D eigenvalue weighted by molar-refractivity contribution is 5.68.